The topological polar surface area (TPSA) is 179 Å². The number of halogens is 1. The molecule has 0 aliphatic heterocycles. The molecule has 0 fully saturated rings. The number of hydrogen-bond donors (Lipinski definition) is 6. The van der Waals surface area contributed by atoms with Gasteiger partial charge in [-0.2, -0.15) is 0 Å². The van der Waals surface area contributed by atoms with Crippen LogP contribution in [0.25, 0.3) is 0 Å². The first kappa shape index (κ1) is 31.9. The first-order chi connectivity index (χ1) is 18.6. The number of hydrogen-bond acceptors (Lipinski definition) is 8. The van der Waals surface area contributed by atoms with E-state index >= 15 is 0 Å². The number of aliphatic hydroxyl groups excluding tert-OH is 1. The number of aromatic nitrogens is 1. The molecule has 1 heterocycles. The van der Waals surface area contributed by atoms with Crippen LogP contribution in [0.15, 0.2) is 53.8 Å². The summed E-state index contributed by atoms with van der Waals surface area (Å²) in [6.07, 6.45) is 1.62. The summed E-state index contributed by atoms with van der Waals surface area (Å²) in [4.78, 5) is 28.9. The SMILES string of the molecule is Cc1cnc(NCc2cc(CO)cc(OC(C)C)c2CCC(=O)O)c(C(=O)Nc2ccc(C(N)=NO)cc2)c1.Cl. The van der Waals surface area contributed by atoms with Gasteiger partial charge in [0, 0.05) is 30.4 Å². The van der Waals surface area contributed by atoms with Crippen molar-refractivity contribution in [3.63, 3.8) is 0 Å². The molecule has 7 N–H and O–H groups in total. The lowest BCUT2D eigenvalue weighted by atomic mass is 9.98. The number of amidine groups is 1. The molecule has 0 saturated heterocycles. The highest BCUT2D eigenvalue weighted by atomic mass is 35.5. The summed E-state index contributed by atoms with van der Waals surface area (Å²) in [5, 5.41) is 36.9. The van der Waals surface area contributed by atoms with Gasteiger partial charge in [0.25, 0.3) is 5.91 Å². The first-order valence-electron chi connectivity index (χ1n) is 12.3. The number of carboxylic acid groups (broad SMARTS) is 1. The standard InChI is InChI=1S/C28H33N5O6.ClH/c1-16(2)39-24-12-18(15-34)11-20(22(24)8-9-25(35)36)14-31-27-23(10-17(3)13-30-27)28(37)32-21-6-4-19(5-7-21)26(29)33-38;/h4-7,10-13,16,34,38H,8-9,14-15H2,1-3H3,(H2,29,33)(H,30,31)(H,32,37)(H,35,36);1H. The Morgan fingerprint density at radius 1 is 1.15 bits per heavy atom. The van der Waals surface area contributed by atoms with E-state index in [1.807, 2.05) is 20.8 Å². The number of benzene rings is 2. The summed E-state index contributed by atoms with van der Waals surface area (Å²) in [6.45, 7) is 5.56. The first-order valence-corrected chi connectivity index (χ1v) is 12.3. The van der Waals surface area contributed by atoms with Crippen LogP contribution in [-0.4, -0.2) is 44.2 Å². The third-order valence-corrected chi connectivity index (χ3v) is 5.76. The number of nitrogens with one attached hydrogen (secondary N) is 2. The van der Waals surface area contributed by atoms with Crippen LogP contribution in [0.1, 0.15) is 58.4 Å². The Balaban J connectivity index is 0.00000560. The summed E-state index contributed by atoms with van der Waals surface area (Å²) in [5.74, 6) is -0.535. The predicted molar refractivity (Wildman–Crippen MR) is 155 cm³/mol. The van der Waals surface area contributed by atoms with Crippen LogP contribution in [0.2, 0.25) is 0 Å². The number of ether oxygens (including phenoxy) is 1. The predicted octanol–water partition coefficient (Wildman–Crippen LogP) is 4.07. The largest absolute Gasteiger partial charge is 0.491 e. The van der Waals surface area contributed by atoms with Crippen LogP contribution in [-0.2, 0) is 24.4 Å². The number of oxime groups is 1. The number of carboxylic acids is 1. The number of carbonyl (C=O) groups is 2. The second-order valence-corrected chi connectivity index (χ2v) is 9.23. The molecule has 0 aliphatic carbocycles. The van der Waals surface area contributed by atoms with Crippen molar-refractivity contribution in [2.75, 3.05) is 10.6 Å². The molecule has 0 bridgehead atoms. The Hall–Kier alpha value is -4.35. The highest BCUT2D eigenvalue weighted by Gasteiger charge is 2.18. The number of pyridine rings is 1. The second-order valence-electron chi connectivity index (χ2n) is 9.23. The van der Waals surface area contributed by atoms with Crippen molar-refractivity contribution in [2.45, 2.75) is 52.9 Å². The van der Waals surface area contributed by atoms with E-state index in [1.54, 1.807) is 48.7 Å². The molecular formula is C28H34ClN5O6. The lowest BCUT2D eigenvalue weighted by molar-refractivity contribution is -0.136. The van der Waals surface area contributed by atoms with Crippen molar-refractivity contribution < 1.29 is 29.7 Å². The van der Waals surface area contributed by atoms with E-state index in [2.05, 4.69) is 20.8 Å². The zero-order chi connectivity index (χ0) is 28.5. The molecule has 214 valence electrons. The van der Waals surface area contributed by atoms with E-state index < -0.39 is 11.9 Å². The minimum absolute atomic E-state index is 0. The van der Waals surface area contributed by atoms with Crippen LogP contribution in [0.5, 0.6) is 5.75 Å². The Morgan fingerprint density at radius 3 is 2.45 bits per heavy atom. The molecular weight excluding hydrogens is 538 g/mol. The summed E-state index contributed by atoms with van der Waals surface area (Å²) in [6, 6.07) is 11.7. The van der Waals surface area contributed by atoms with Crippen LogP contribution in [0.4, 0.5) is 11.5 Å². The number of aryl methyl sites for hydroxylation is 1. The van der Waals surface area contributed by atoms with Crippen molar-refractivity contribution in [3.8, 4) is 5.75 Å². The highest BCUT2D eigenvalue weighted by Crippen LogP contribution is 2.29. The van der Waals surface area contributed by atoms with E-state index in [-0.39, 0.29) is 50.3 Å². The van der Waals surface area contributed by atoms with Crippen LogP contribution >= 0.6 is 12.4 Å². The minimum atomic E-state index is -0.936. The second kappa shape index (κ2) is 14.7. The van der Waals surface area contributed by atoms with E-state index in [0.717, 1.165) is 11.1 Å². The Kier molecular flexibility index (Phi) is 11.7. The average molecular weight is 572 g/mol. The van der Waals surface area contributed by atoms with Gasteiger partial charge >= 0.3 is 5.97 Å². The van der Waals surface area contributed by atoms with Crippen molar-refractivity contribution >= 4 is 41.6 Å². The van der Waals surface area contributed by atoms with Crippen molar-refractivity contribution in [3.05, 3.63) is 82.0 Å². The van der Waals surface area contributed by atoms with Crippen molar-refractivity contribution in [1.29, 1.82) is 0 Å². The normalized spacial score (nSPS) is 11.1. The number of rotatable bonds is 12. The smallest absolute Gasteiger partial charge is 0.303 e. The number of aliphatic carboxylic acids is 1. The molecule has 0 radical (unpaired) electrons. The maximum atomic E-state index is 13.2. The van der Waals surface area contributed by atoms with Crippen LogP contribution in [0.3, 0.4) is 0 Å². The van der Waals surface area contributed by atoms with E-state index in [9.17, 15) is 19.8 Å². The van der Waals surface area contributed by atoms with Gasteiger partial charge in [0.2, 0.25) is 0 Å². The van der Waals surface area contributed by atoms with Crippen molar-refractivity contribution in [1.82, 2.24) is 4.98 Å². The van der Waals surface area contributed by atoms with Gasteiger partial charge in [-0.25, -0.2) is 4.98 Å². The third kappa shape index (κ3) is 8.58. The zero-order valence-electron chi connectivity index (χ0n) is 22.5. The summed E-state index contributed by atoms with van der Waals surface area (Å²) >= 11 is 0. The van der Waals surface area contributed by atoms with Crippen molar-refractivity contribution in [2.24, 2.45) is 10.9 Å². The van der Waals surface area contributed by atoms with Gasteiger partial charge in [-0.3, -0.25) is 9.59 Å². The third-order valence-electron chi connectivity index (χ3n) is 5.76. The molecule has 0 saturated carbocycles. The molecule has 12 heteroatoms. The molecule has 3 rings (SSSR count). The molecule has 0 aliphatic rings. The van der Waals surface area contributed by atoms with Gasteiger partial charge in [0.05, 0.1) is 18.3 Å². The number of carbonyl (C=O) groups excluding carboxylic acids is 1. The average Bonchev–Trinajstić information content (AvgIpc) is 2.90. The fourth-order valence-electron chi connectivity index (χ4n) is 3.93. The van der Waals surface area contributed by atoms with Gasteiger partial charge < -0.3 is 36.5 Å². The maximum Gasteiger partial charge on any atom is 0.303 e. The number of nitrogens with two attached hydrogens (primary N) is 1. The Morgan fingerprint density at radius 2 is 1.85 bits per heavy atom. The highest BCUT2D eigenvalue weighted by molar-refractivity contribution is 6.07. The Bertz CT molecular complexity index is 1360. The van der Waals surface area contributed by atoms with Gasteiger partial charge in [-0.1, -0.05) is 11.2 Å². The van der Waals surface area contributed by atoms with E-state index in [4.69, 9.17) is 15.7 Å². The fourth-order valence-corrected chi connectivity index (χ4v) is 3.93. The van der Waals surface area contributed by atoms with E-state index in [1.165, 1.54) is 0 Å². The summed E-state index contributed by atoms with van der Waals surface area (Å²) in [7, 11) is 0. The minimum Gasteiger partial charge on any atom is -0.491 e. The Labute approximate surface area is 238 Å². The molecule has 0 atom stereocenters. The number of nitrogens with zero attached hydrogens (tertiary/aromatic N) is 2. The van der Waals surface area contributed by atoms with E-state index in [0.29, 0.717) is 39.5 Å². The lowest BCUT2D eigenvalue weighted by Gasteiger charge is -2.20. The zero-order valence-corrected chi connectivity index (χ0v) is 23.3. The van der Waals surface area contributed by atoms with Gasteiger partial charge in [-0.05, 0) is 85.8 Å². The fraction of sp³-hybridized carbons (Fsp3) is 0.286. The quantitative estimate of drug-likeness (QED) is 0.0808. The number of aliphatic hydroxyl groups is 1. The molecule has 0 unspecified atom stereocenters. The summed E-state index contributed by atoms with van der Waals surface area (Å²) < 4.78 is 5.95. The molecule has 3 aromatic rings. The molecule has 1 aromatic heterocycles. The van der Waals surface area contributed by atoms with Gasteiger partial charge in [0.1, 0.15) is 11.6 Å². The molecule has 1 amide bonds. The monoisotopic (exact) mass is 571 g/mol. The molecule has 0 spiro atoms. The summed E-state index contributed by atoms with van der Waals surface area (Å²) in [5.41, 5.74) is 9.74. The van der Waals surface area contributed by atoms with Crippen LogP contribution in [0, 0.1) is 6.92 Å². The number of anilines is 2. The maximum absolute atomic E-state index is 13.2. The number of amides is 1. The van der Waals surface area contributed by atoms with Gasteiger partial charge in [-0.15, -0.1) is 12.4 Å². The van der Waals surface area contributed by atoms with Crippen LogP contribution < -0.4 is 21.1 Å². The van der Waals surface area contributed by atoms with Gasteiger partial charge in [0.15, 0.2) is 5.84 Å². The lowest BCUT2D eigenvalue weighted by Crippen LogP contribution is -2.17. The molecule has 11 nitrogen and oxygen atoms in total. The molecule has 2 aromatic carbocycles. The molecule has 40 heavy (non-hydrogen) atoms.